The highest BCUT2D eigenvalue weighted by Crippen LogP contribution is 2.39. The first-order valence-electron chi connectivity index (χ1n) is 6.75. The van der Waals surface area contributed by atoms with Crippen molar-refractivity contribution in [1.29, 1.82) is 0 Å². The van der Waals surface area contributed by atoms with Crippen LogP contribution in [0.4, 0.5) is 4.79 Å². The van der Waals surface area contributed by atoms with Crippen LogP contribution >= 0.6 is 0 Å². The summed E-state index contributed by atoms with van der Waals surface area (Å²) in [6, 6.07) is -0.398. The maximum Gasteiger partial charge on any atom is 0.324 e. The van der Waals surface area contributed by atoms with E-state index in [0.29, 0.717) is 13.1 Å². The minimum absolute atomic E-state index is 0.147. The standard InChI is InChI=1S/C13H20N2O4/c1-19-10(16)5-8-15-9-13(6-3-2-4-7-13)11(17)14-12(15)18/h2-9H2,1H3,(H,14,17,18). The second kappa shape index (κ2) is 5.59. The summed E-state index contributed by atoms with van der Waals surface area (Å²) in [6.45, 7) is 0.724. The first-order chi connectivity index (χ1) is 9.07. The Hall–Kier alpha value is -1.59. The first kappa shape index (κ1) is 13.8. The zero-order chi connectivity index (χ0) is 13.9. The first-order valence-corrected chi connectivity index (χ1v) is 6.75. The summed E-state index contributed by atoms with van der Waals surface area (Å²) in [7, 11) is 1.32. The Labute approximate surface area is 112 Å². The molecule has 1 saturated heterocycles. The van der Waals surface area contributed by atoms with Crippen molar-refractivity contribution >= 4 is 17.9 Å². The average molecular weight is 268 g/mol. The molecule has 1 saturated carbocycles. The van der Waals surface area contributed by atoms with Crippen LogP contribution < -0.4 is 5.32 Å². The van der Waals surface area contributed by atoms with E-state index in [1.807, 2.05) is 0 Å². The highest BCUT2D eigenvalue weighted by molar-refractivity contribution is 6.00. The van der Waals surface area contributed by atoms with Crippen molar-refractivity contribution in [3.05, 3.63) is 0 Å². The van der Waals surface area contributed by atoms with E-state index in [9.17, 15) is 14.4 Å². The van der Waals surface area contributed by atoms with E-state index in [2.05, 4.69) is 10.1 Å². The smallest absolute Gasteiger partial charge is 0.324 e. The van der Waals surface area contributed by atoms with Gasteiger partial charge in [-0.2, -0.15) is 0 Å². The SMILES string of the molecule is COC(=O)CCN1CC2(CCCCC2)C(=O)NC1=O. The molecule has 0 bridgehead atoms. The van der Waals surface area contributed by atoms with Crippen LogP contribution in [0.25, 0.3) is 0 Å². The monoisotopic (exact) mass is 268 g/mol. The Morgan fingerprint density at radius 3 is 2.63 bits per heavy atom. The number of nitrogens with zero attached hydrogens (tertiary/aromatic N) is 1. The molecule has 3 amide bonds. The van der Waals surface area contributed by atoms with Gasteiger partial charge in [-0.05, 0) is 12.8 Å². The molecule has 1 aliphatic carbocycles. The number of carbonyl (C=O) groups excluding carboxylic acids is 3. The maximum atomic E-state index is 12.1. The molecule has 6 nitrogen and oxygen atoms in total. The number of carbonyl (C=O) groups is 3. The average Bonchev–Trinajstić information content (AvgIpc) is 2.42. The fraction of sp³-hybridized carbons (Fsp3) is 0.769. The molecule has 0 aromatic rings. The zero-order valence-electron chi connectivity index (χ0n) is 11.2. The van der Waals surface area contributed by atoms with Gasteiger partial charge < -0.3 is 9.64 Å². The van der Waals surface area contributed by atoms with Gasteiger partial charge in [0.05, 0.1) is 18.9 Å². The Morgan fingerprint density at radius 2 is 2.00 bits per heavy atom. The van der Waals surface area contributed by atoms with Crippen LogP contribution in [0.1, 0.15) is 38.5 Å². The van der Waals surface area contributed by atoms with E-state index in [1.165, 1.54) is 7.11 Å². The van der Waals surface area contributed by atoms with Gasteiger partial charge in [-0.15, -0.1) is 0 Å². The molecular formula is C13H20N2O4. The summed E-state index contributed by atoms with van der Waals surface area (Å²) in [5.41, 5.74) is -0.442. The van der Waals surface area contributed by atoms with Crippen LogP contribution in [-0.4, -0.2) is 43.0 Å². The summed E-state index contributed by atoms with van der Waals surface area (Å²) >= 11 is 0. The summed E-state index contributed by atoms with van der Waals surface area (Å²) in [4.78, 5) is 36.5. The highest BCUT2D eigenvalue weighted by atomic mass is 16.5. The van der Waals surface area contributed by atoms with Gasteiger partial charge in [0, 0.05) is 13.1 Å². The molecule has 0 aromatic heterocycles. The Kier molecular flexibility index (Phi) is 4.07. The molecule has 0 aromatic carbocycles. The fourth-order valence-corrected chi connectivity index (χ4v) is 2.94. The number of ether oxygens (including phenoxy) is 1. The van der Waals surface area contributed by atoms with E-state index in [0.717, 1.165) is 32.1 Å². The van der Waals surface area contributed by atoms with Crippen LogP contribution in [0.3, 0.4) is 0 Å². The third-order valence-corrected chi connectivity index (χ3v) is 4.11. The predicted molar refractivity (Wildman–Crippen MR) is 67.3 cm³/mol. The van der Waals surface area contributed by atoms with Crippen LogP contribution in [0.2, 0.25) is 0 Å². The van der Waals surface area contributed by atoms with Gasteiger partial charge in [0.2, 0.25) is 5.91 Å². The lowest BCUT2D eigenvalue weighted by Gasteiger charge is -2.43. The molecule has 106 valence electrons. The number of hydrogen-bond donors (Lipinski definition) is 1. The van der Waals surface area contributed by atoms with Crippen molar-refractivity contribution < 1.29 is 19.1 Å². The Morgan fingerprint density at radius 1 is 1.32 bits per heavy atom. The molecule has 6 heteroatoms. The van der Waals surface area contributed by atoms with Crippen molar-refractivity contribution in [3.63, 3.8) is 0 Å². The molecule has 2 fully saturated rings. The second-order valence-electron chi connectivity index (χ2n) is 5.35. The van der Waals surface area contributed by atoms with Gasteiger partial charge >= 0.3 is 12.0 Å². The second-order valence-corrected chi connectivity index (χ2v) is 5.35. The van der Waals surface area contributed by atoms with Crippen LogP contribution in [0, 0.1) is 5.41 Å². The molecule has 0 radical (unpaired) electrons. The normalized spacial score (nSPS) is 22.3. The number of amides is 3. The zero-order valence-corrected chi connectivity index (χ0v) is 11.2. The largest absolute Gasteiger partial charge is 0.469 e. The van der Waals surface area contributed by atoms with Crippen LogP contribution in [-0.2, 0) is 14.3 Å². The Balaban J connectivity index is 2.01. The van der Waals surface area contributed by atoms with Crippen LogP contribution in [0.15, 0.2) is 0 Å². The van der Waals surface area contributed by atoms with Crippen molar-refractivity contribution in [2.75, 3.05) is 20.2 Å². The summed E-state index contributed by atoms with van der Waals surface area (Å²) in [5.74, 6) is -0.492. The molecule has 1 aliphatic heterocycles. The van der Waals surface area contributed by atoms with Gasteiger partial charge in [0.15, 0.2) is 0 Å². The minimum Gasteiger partial charge on any atom is -0.469 e. The third kappa shape index (κ3) is 2.88. The van der Waals surface area contributed by atoms with Gasteiger partial charge in [-0.1, -0.05) is 19.3 Å². The van der Waals surface area contributed by atoms with Gasteiger partial charge in [0.25, 0.3) is 0 Å². The lowest BCUT2D eigenvalue weighted by Crippen LogP contribution is -2.61. The number of hydrogen-bond acceptors (Lipinski definition) is 4. The minimum atomic E-state index is -0.442. The van der Waals surface area contributed by atoms with Gasteiger partial charge in [-0.25, -0.2) is 4.79 Å². The summed E-state index contributed by atoms with van der Waals surface area (Å²) < 4.78 is 4.57. The molecule has 0 atom stereocenters. The number of methoxy groups -OCH3 is 1. The predicted octanol–water partition coefficient (Wildman–Crippen LogP) is 1.05. The Bertz CT molecular complexity index is 388. The lowest BCUT2D eigenvalue weighted by molar-refractivity contribution is -0.141. The molecule has 1 heterocycles. The highest BCUT2D eigenvalue weighted by Gasteiger charge is 2.46. The number of rotatable bonds is 3. The fourth-order valence-electron chi connectivity index (χ4n) is 2.94. The van der Waals surface area contributed by atoms with Crippen molar-refractivity contribution in [2.24, 2.45) is 5.41 Å². The molecule has 1 N–H and O–H groups in total. The maximum absolute atomic E-state index is 12.1. The number of nitrogens with one attached hydrogen (secondary N) is 1. The van der Waals surface area contributed by atoms with Gasteiger partial charge in [-0.3, -0.25) is 14.9 Å². The molecular weight excluding hydrogens is 248 g/mol. The number of imide groups is 1. The number of esters is 1. The quantitative estimate of drug-likeness (QED) is 0.776. The van der Waals surface area contributed by atoms with E-state index in [1.54, 1.807) is 4.90 Å². The molecule has 2 rings (SSSR count). The van der Waals surface area contributed by atoms with E-state index >= 15 is 0 Å². The van der Waals surface area contributed by atoms with Crippen molar-refractivity contribution in [3.8, 4) is 0 Å². The van der Waals surface area contributed by atoms with E-state index < -0.39 is 11.4 Å². The van der Waals surface area contributed by atoms with Crippen molar-refractivity contribution in [2.45, 2.75) is 38.5 Å². The molecule has 2 aliphatic rings. The van der Waals surface area contributed by atoms with Crippen LogP contribution in [0.5, 0.6) is 0 Å². The van der Waals surface area contributed by atoms with E-state index in [-0.39, 0.29) is 18.3 Å². The van der Waals surface area contributed by atoms with Crippen molar-refractivity contribution in [1.82, 2.24) is 10.2 Å². The van der Waals surface area contributed by atoms with Gasteiger partial charge in [0.1, 0.15) is 0 Å². The number of urea groups is 1. The molecule has 0 unspecified atom stereocenters. The lowest BCUT2D eigenvalue weighted by atomic mass is 9.72. The molecule has 1 spiro atoms. The third-order valence-electron chi connectivity index (χ3n) is 4.11. The van der Waals surface area contributed by atoms with E-state index in [4.69, 9.17) is 0 Å². The summed E-state index contributed by atoms with van der Waals surface area (Å²) in [5, 5.41) is 2.43. The topological polar surface area (TPSA) is 75.7 Å². The molecule has 19 heavy (non-hydrogen) atoms. The summed E-state index contributed by atoms with van der Waals surface area (Å²) in [6.07, 6.45) is 4.99.